The molecule has 0 radical (unpaired) electrons. The predicted octanol–water partition coefficient (Wildman–Crippen LogP) is 3.05. The molecule has 1 aromatic heterocycles. The molecule has 0 aromatic carbocycles. The largest absolute Gasteiger partial charge is 0.343 e. The van der Waals surface area contributed by atoms with Crippen molar-refractivity contribution in [1.82, 2.24) is 10.3 Å². The van der Waals surface area contributed by atoms with Crippen LogP contribution < -0.4 is 5.32 Å². The Bertz CT molecular complexity index is 427. The van der Waals surface area contributed by atoms with Gasteiger partial charge < -0.3 is 5.32 Å². The minimum atomic E-state index is -0.343. The Morgan fingerprint density at radius 1 is 1.38 bits per heavy atom. The number of nitrogens with zero attached hydrogens (tertiary/aromatic N) is 1. The van der Waals surface area contributed by atoms with Gasteiger partial charge in [0.2, 0.25) is 0 Å². The molecular weight excluding hydrogens is 224 g/mol. The highest BCUT2D eigenvalue weighted by Gasteiger charge is 2.37. The minimum Gasteiger partial charge on any atom is -0.343 e. The van der Waals surface area contributed by atoms with Gasteiger partial charge in [0.15, 0.2) is 0 Å². The molecule has 0 aliphatic carbocycles. The van der Waals surface area contributed by atoms with Gasteiger partial charge in [-0.2, -0.15) is 0 Å². The Kier molecular flexibility index (Phi) is 3.58. The van der Waals surface area contributed by atoms with E-state index in [2.05, 4.69) is 10.3 Å². The van der Waals surface area contributed by atoms with Gasteiger partial charge >= 0.3 is 0 Å². The smallest absolute Gasteiger partial charge is 0.255 e. The summed E-state index contributed by atoms with van der Waals surface area (Å²) in [5.74, 6) is -0.137. The summed E-state index contributed by atoms with van der Waals surface area (Å²) in [6, 6.07) is 1.90. The molecule has 2 rings (SSSR count). The first-order valence-electron chi connectivity index (χ1n) is 5.42. The van der Waals surface area contributed by atoms with Gasteiger partial charge in [0, 0.05) is 5.69 Å². The number of carbonyl (C=O) groups is 1. The number of carbonyl (C=O) groups excluding carboxylic acids is 1. The molecule has 1 amide bonds. The van der Waals surface area contributed by atoms with Crippen LogP contribution in [0.3, 0.4) is 0 Å². The van der Waals surface area contributed by atoms with Crippen LogP contribution in [-0.4, -0.2) is 10.9 Å². The molecule has 0 atom stereocenters. The summed E-state index contributed by atoms with van der Waals surface area (Å²) in [4.78, 5) is 15.6. The lowest BCUT2D eigenvalue weighted by atomic mass is 9.95. The van der Waals surface area contributed by atoms with E-state index in [1.54, 1.807) is 0 Å². The molecule has 1 aliphatic heterocycles. The maximum atomic E-state index is 11.6. The molecule has 0 spiro atoms. The molecule has 0 unspecified atom stereocenters. The van der Waals surface area contributed by atoms with E-state index in [-0.39, 0.29) is 11.4 Å². The van der Waals surface area contributed by atoms with Gasteiger partial charge in [-0.3, -0.25) is 4.79 Å². The number of fused-ring (bicyclic) bond motifs is 1. The second kappa shape index (κ2) is 4.42. The molecular formula is C12H17ClN2O. The van der Waals surface area contributed by atoms with E-state index in [4.69, 9.17) is 11.6 Å². The zero-order chi connectivity index (χ0) is 12.5. The highest BCUT2D eigenvalue weighted by Crippen LogP contribution is 2.33. The van der Waals surface area contributed by atoms with E-state index < -0.39 is 0 Å². The summed E-state index contributed by atoms with van der Waals surface area (Å²) < 4.78 is 0. The molecule has 1 aromatic rings. The zero-order valence-electron chi connectivity index (χ0n) is 10.3. The number of pyridine rings is 1. The lowest BCUT2D eigenvalue weighted by Gasteiger charge is -2.19. The fourth-order valence-corrected chi connectivity index (χ4v) is 2.08. The fraction of sp³-hybridized carbons (Fsp3) is 0.500. The van der Waals surface area contributed by atoms with Crippen LogP contribution in [0.2, 0.25) is 5.15 Å². The third kappa shape index (κ3) is 2.05. The van der Waals surface area contributed by atoms with Gasteiger partial charge in [-0.25, -0.2) is 4.98 Å². The average Bonchev–Trinajstić information content (AvgIpc) is 2.40. The first-order chi connectivity index (χ1) is 7.42. The molecule has 2 heterocycles. The molecule has 4 heteroatoms. The van der Waals surface area contributed by atoms with Gasteiger partial charge in [0.1, 0.15) is 5.15 Å². The van der Waals surface area contributed by atoms with Crippen LogP contribution in [0.15, 0.2) is 6.07 Å². The number of aromatic nitrogens is 1. The van der Waals surface area contributed by atoms with Crippen molar-refractivity contribution >= 4 is 17.5 Å². The van der Waals surface area contributed by atoms with Crippen LogP contribution in [-0.2, 0) is 5.54 Å². The van der Waals surface area contributed by atoms with E-state index in [1.807, 2.05) is 40.7 Å². The van der Waals surface area contributed by atoms with Crippen LogP contribution in [0.1, 0.15) is 49.3 Å². The molecule has 3 nitrogen and oxygen atoms in total. The number of hydrogen-bond acceptors (Lipinski definition) is 2. The van der Waals surface area contributed by atoms with Crippen molar-refractivity contribution in [2.24, 2.45) is 0 Å². The van der Waals surface area contributed by atoms with Crippen molar-refractivity contribution in [2.45, 2.75) is 40.2 Å². The lowest BCUT2D eigenvalue weighted by molar-refractivity contribution is 0.0940. The Balaban J connectivity index is 0.000000606. The van der Waals surface area contributed by atoms with Gasteiger partial charge in [-0.15, -0.1) is 0 Å². The molecule has 16 heavy (non-hydrogen) atoms. The van der Waals surface area contributed by atoms with E-state index in [1.165, 1.54) is 0 Å². The van der Waals surface area contributed by atoms with E-state index in [0.717, 1.165) is 11.3 Å². The third-order valence-corrected chi connectivity index (χ3v) is 2.70. The minimum absolute atomic E-state index is 0.137. The normalized spacial score (nSPS) is 16.0. The summed E-state index contributed by atoms with van der Waals surface area (Å²) in [5.41, 5.74) is 1.93. The van der Waals surface area contributed by atoms with Crippen molar-refractivity contribution in [3.8, 4) is 0 Å². The number of rotatable bonds is 0. The SMILES string of the molecule is CC.Cc1cc2c(c(Cl)n1)C(=O)NC2(C)C. The highest BCUT2D eigenvalue weighted by molar-refractivity contribution is 6.33. The molecule has 1 N–H and O–H groups in total. The standard InChI is InChI=1S/C10H11ClN2O.C2H6/c1-5-4-6-7(8(11)12-5)9(14)13-10(6,2)3;1-2/h4H,1-3H3,(H,13,14);1-2H3. The molecule has 1 aliphatic rings. The number of amides is 1. The van der Waals surface area contributed by atoms with Crippen LogP contribution in [0.5, 0.6) is 0 Å². The van der Waals surface area contributed by atoms with Crippen molar-refractivity contribution < 1.29 is 4.79 Å². The summed E-state index contributed by atoms with van der Waals surface area (Å²) >= 11 is 5.93. The van der Waals surface area contributed by atoms with Gasteiger partial charge in [-0.05, 0) is 32.4 Å². The maximum Gasteiger partial charge on any atom is 0.255 e. The second-order valence-corrected chi connectivity index (χ2v) is 4.41. The first-order valence-corrected chi connectivity index (χ1v) is 5.80. The van der Waals surface area contributed by atoms with Crippen LogP contribution in [0.4, 0.5) is 0 Å². The Morgan fingerprint density at radius 3 is 2.50 bits per heavy atom. The van der Waals surface area contributed by atoms with E-state index in [9.17, 15) is 4.79 Å². The van der Waals surface area contributed by atoms with Gasteiger partial charge in [0.05, 0.1) is 11.1 Å². The number of hydrogen-bond donors (Lipinski definition) is 1. The number of nitrogens with one attached hydrogen (secondary N) is 1. The molecule has 88 valence electrons. The quantitative estimate of drug-likeness (QED) is 0.709. The number of aryl methyl sites for hydroxylation is 1. The predicted molar refractivity (Wildman–Crippen MR) is 65.8 cm³/mol. The molecule has 0 saturated carbocycles. The summed E-state index contributed by atoms with van der Waals surface area (Å²) in [6.45, 7) is 9.77. The Morgan fingerprint density at radius 2 is 1.94 bits per heavy atom. The van der Waals surface area contributed by atoms with Crippen LogP contribution >= 0.6 is 11.6 Å². The van der Waals surface area contributed by atoms with Crippen molar-refractivity contribution in [1.29, 1.82) is 0 Å². The zero-order valence-corrected chi connectivity index (χ0v) is 11.1. The van der Waals surface area contributed by atoms with Crippen LogP contribution in [0.25, 0.3) is 0 Å². The fourth-order valence-electron chi connectivity index (χ4n) is 1.76. The lowest BCUT2D eigenvalue weighted by Crippen LogP contribution is -2.32. The molecule has 0 fully saturated rings. The van der Waals surface area contributed by atoms with Crippen molar-refractivity contribution in [3.05, 3.63) is 28.0 Å². The molecule has 0 bridgehead atoms. The van der Waals surface area contributed by atoms with E-state index >= 15 is 0 Å². The number of halogens is 1. The average molecular weight is 241 g/mol. The Hall–Kier alpha value is -1.09. The van der Waals surface area contributed by atoms with Gasteiger partial charge in [-0.1, -0.05) is 25.4 Å². The Labute approximate surface area is 101 Å². The third-order valence-electron chi connectivity index (χ3n) is 2.43. The molecule has 0 saturated heterocycles. The highest BCUT2D eigenvalue weighted by atomic mass is 35.5. The van der Waals surface area contributed by atoms with Crippen molar-refractivity contribution in [2.75, 3.05) is 0 Å². The first kappa shape index (κ1) is 13.0. The van der Waals surface area contributed by atoms with Crippen molar-refractivity contribution in [3.63, 3.8) is 0 Å². The monoisotopic (exact) mass is 240 g/mol. The second-order valence-electron chi connectivity index (χ2n) is 4.06. The van der Waals surface area contributed by atoms with Gasteiger partial charge in [0.25, 0.3) is 5.91 Å². The van der Waals surface area contributed by atoms with Crippen LogP contribution in [0, 0.1) is 6.92 Å². The summed E-state index contributed by atoms with van der Waals surface area (Å²) in [5, 5.41) is 3.16. The summed E-state index contributed by atoms with van der Waals surface area (Å²) in [6.07, 6.45) is 0. The van der Waals surface area contributed by atoms with E-state index in [0.29, 0.717) is 10.7 Å². The summed E-state index contributed by atoms with van der Waals surface area (Å²) in [7, 11) is 0. The maximum absolute atomic E-state index is 11.6. The topological polar surface area (TPSA) is 42.0 Å².